The zero-order valence-electron chi connectivity index (χ0n) is 17.9. The Balaban J connectivity index is 1.53. The fourth-order valence-electron chi connectivity index (χ4n) is 5.55. The number of benzene rings is 2. The lowest BCUT2D eigenvalue weighted by atomic mass is 9.76. The van der Waals surface area contributed by atoms with Gasteiger partial charge in [-0.15, -0.1) is 0 Å². The summed E-state index contributed by atoms with van der Waals surface area (Å²) in [7, 11) is 0. The van der Waals surface area contributed by atoms with Crippen LogP contribution in [0, 0.1) is 5.82 Å². The van der Waals surface area contributed by atoms with Gasteiger partial charge in [0.05, 0.1) is 11.6 Å². The summed E-state index contributed by atoms with van der Waals surface area (Å²) < 4.78 is 14.2. The molecule has 0 aromatic heterocycles. The van der Waals surface area contributed by atoms with Crippen LogP contribution >= 0.6 is 0 Å². The largest absolute Gasteiger partial charge is 0.348 e. The number of nitrogens with one attached hydrogen (secondary N) is 1. The van der Waals surface area contributed by atoms with E-state index in [1.165, 1.54) is 12.1 Å². The second-order valence-electron chi connectivity index (χ2n) is 8.96. The summed E-state index contributed by atoms with van der Waals surface area (Å²) in [5.41, 5.74) is 1.30. The van der Waals surface area contributed by atoms with Crippen LogP contribution in [0.5, 0.6) is 0 Å². The van der Waals surface area contributed by atoms with Gasteiger partial charge in [-0.3, -0.25) is 14.4 Å². The Morgan fingerprint density at radius 3 is 2.56 bits per heavy atom. The van der Waals surface area contributed by atoms with Crippen molar-refractivity contribution < 1.29 is 18.8 Å². The molecule has 6 nitrogen and oxygen atoms in total. The molecule has 1 spiro atoms. The van der Waals surface area contributed by atoms with Gasteiger partial charge in [0.1, 0.15) is 5.82 Å². The van der Waals surface area contributed by atoms with E-state index >= 15 is 0 Å². The molecule has 1 N–H and O–H groups in total. The quantitative estimate of drug-likeness (QED) is 0.801. The third-order valence-corrected chi connectivity index (χ3v) is 6.95. The van der Waals surface area contributed by atoms with Crippen molar-refractivity contribution in [1.29, 1.82) is 0 Å². The normalized spacial score (nSPS) is 25.5. The number of rotatable bonds is 3. The van der Waals surface area contributed by atoms with Gasteiger partial charge < -0.3 is 15.1 Å². The van der Waals surface area contributed by atoms with Crippen molar-refractivity contribution in [1.82, 2.24) is 10.2 Å². The minimum Gasteiger partial charge on any atom is -0.348 e. The number of hydrogen-bond donors (Lipinski definition) is 1. The van der Waals surface area contributed by atoms with Gasteiger partial charge in [-0.25, -0.2) is 4.39 Å². The summed E-state index contributed by atoms with van der Waals surface area (Å²) in [5.74, 6) is -0.504. The second-order valence-corrected chi connectivity index (χ2v) is 8.96. The molecule has 7 heteroatoms. The van der Waals surface area contributed by atoms with Crippen LogP contribution in [0.2, 0.25) is 0 Å². The van der Waals surface area contributed by atoms with Crippen molar-refractivity contribution in [3.63, 3.8) is 0 Å². The monoisotopic (exact) mass is 435 g/mol. The third-order valence-electron chi connectivity index (χ3n) is 6.95. The lowest BCUT2D eigenvalue weighted by molar-refractivity contribution is -0.120. The molecule has 32 heavy (non-hydrogen) atoms. The Morgan fingerprint density at radius 1 is 1.00 bits per heavy atom. The smallest absolute Gasteiger partial charge is 0.254 e. The molecule has 3 aliphatic rings. The Labute approximate surface area is 186 Å². The highest BCUT2D eigenvalue weighted by Crippen LogP contribution is 2.45. The van der Waals surface area contributed by atoms with Crippen molar-refractivity contribution in [2.45, 2.75) is 50.1 Å². The fourth-order valence-corrected chi connectivity index (χ4v) is 5.55. The van der Waals surface area contributed by atoms with Gasteiger partial charge >= 0.3 is 0 Å². The first-order valence-electron chi connectivity index (χ1n) is 11.2. The van der Waals surface area contributed by atoms with Crippen molar-refractivity contribution in [3.05, 3.63) is 65.5 Å². The van der Waals surface area contributed by atoms with Crippen LogP contribution in [0.1, 0.15) is 60.5 Å². The molecule has 0 bridgehead atoms. The van der Waals surface area contributed by atoms with E-state index < -0.39 is 11.6 Å². The van der Waals surface area contributed by atoms with Crippen LogP contribution in [0.15, 0.2) is 48.5 Å². The highest BCUT2D eigenvalue weighted by molar-refractivity contribution is 5.99. The predicted molar refractivity (Wildman–Crippen MR) is 118 cm³/mol. The zero-order valence-corrected chi connectivity index (χ0v) is 17.9. The number of likely N-dealkylation sites (tertiary alicyclic amines) is 1. The Kier molecular flexibility index (Phi) is 5.19. The van der Waals surface area contributed by atoms with Gasteiger partial charge in [0.15, 0.2) is 0 Å². The van der Waals surface area contributed by atoms with Crippen LogP contribution < -0.4 is 10.2 Å². The molecule has 0 radical (unpaired) electrons. The van der Waals surface area contributed by atoms with Crippen LogP contribution in [0.4, 0.5) is 10.1 Å². The van der Waals surface area contributed by atoms with E-state index in [9.17, 15) is 18.8 Å². The Bertz CT molecular complexity index is 1090. The summed E-state index contributed by atoms with van der Waals surface area (Å²) in [6.45, 7) is 1.17. The first kappa shape index (κ1) is 20.7. The lowest BCUT2D eigenvalue weighted by Crippen LogP contribution is -2.58. The maximum Gasteiger partial charge on any atom is 0.254 e. The molecule has 2 atom stereocenters. The van der Waals surface area contributed by atoms with Gasteiger partial charge in [-0.2, -0.15) is 0 Å². The Morgan fingerprint density at radius 2 is 1.84 bits per heavy atom. The summed E-state index contributed by atoms with van der Waals surface area (Å²) in [6.07, 6.45) is 3.84. The Hall–Kier alpha value is -3.22. The molecule has 3 amide bonds. The molecular formula is C25H26FN3O3. The van der Waals surface area contributed by atoms with Crippen molar-refractivity contribution in [2.24, 2.45) is 0 Å². The topological polar surface area (TPSA) is 69.7 Å². The number of amides is 3. The second kappa shape index (κ2) is 8.04. The van der Waals surface area contributed by atoms with E-state index in [-0.39, 0.29) is 23.5 Å². The highest BCUT2D eigenvalue weighted by Gasteiger charge is 2.50. The molecule has 2 aromatic rings. The first-order chi connectivity index (χ1) is 15.5. The van der Waals surface area contributed by atoms with Crippen molar-refractivity contribution in [3.8, 4) is 0 Å². The van der Waals surface area contributed by atoms with E-state index in [0.29, 0.717) is 43.5 Å². The predicted octanol–water partition coefficient (Wildman–Crippen LogP) is 3.58. The summed E-state index contributed by atoms with van der Waals surface area (Å²) in [4.78, 5) is 41.6. The van der Waals surface area contributed by atoms with Gasteiger partial charge in [0, 0.05) is 37.2 Å². The van der Waals surface area contributed by atoms with Crippen molar-refractivity contribution >= 4 is 23.4 Å². The molecule has 3 heterocycles. The molecule has 0 unspecified atom stereocenters. The number of piperidine rings is 1. The molecular weight excluding hydrogens is 409 g/mol. The third kappa shape index (κ3) is 3.55. The minimum absolute atomic E-state index is 0.0322. The molecule has 3 aliphatic heterocycles. The maximum absolute atomic E-state index is 14.2. The number of nitrogens with zero attached hydrogens (tertiary/aromatic N) is 2. The molecule has 3 saturated heterocycles. The van der Waals surface area contributed by atoms with E-state index in [1.807, 2.05) is 12.1 Å². The molecule has 3 fully saturated rings. The molecule has 2 aromatic carbocycles. The number of hydrogen-bond acceptors (Lipinski definition) is 3. The van der Waals surface area contributed by atoms with E-state index in [0.717, 1.165) is 24.9 Å². The molecule has 166 valence electrons. The van der Waals surface area contributed by atoms with Gasteiger partial charge in [0.25, 0.3) is 5.91 Å². The standard InChI is InChI=1S/C25H26FN3O3/c26-19-7-1-5-17(15-19)23-25(12-10-21(30)27-25)11-4-14-29(23)24(32)18-6-2-8-20(16-18)28-13-3-9-22(28)31/h1-2,5-8,15-16,23H,3-4,9-14H2,(H,27,30)/t23-,25+/m1/s1. The van der Waals surface area contributed by atoms with Gasteiger partial charge in [-0.1, -0.05) is 18.2 Å². The number of carbonyl (C=O) groups excluding carboxylic acids is 3. The number of anilines is 1. The molecule has 0 saturated carbocycles. The van der Waals surface area contributed by atoms with E-state index in [1.54, 1.807) is 34.1 Å². The average Bonchev–Trinajstić information content (AvgIpc) is 3.38. The minimum atomic E-state index is -0.596. The van der Waals surface area contributed by atoms with Crippen LogP contribution in [-0.2, 0) is 9.59 Å². The summed E-state index contributed by atoms with van der Waals surface area (Å²) in [5, 5.41) is 3.13. The first-order valence-corrected chi connectivity index (χ1v) is 11.2. The van der Waals surface area contributed by atoms with Crippen LogP contribution in [0.3, 0.4) is 0 Å². The highest BCUT2D eigenvalue weighted by atomic mass is 19.1. The molecule has 0 aliphatic carbocycles. The number of halogens is 1. The van der Waals surface area contributed by atoms with Crippen LogP contribution in [-0.4, -0.2) is 41.2 Å². The van der Waals surface area contributed by atoms with Crippen molar-refractivity contribution in [2.75, 3.05) is 18.0 Å². The van der Waals surface area contributed by atoms with Crippen LogP contribution in [0.25, 0.3) is 0 Å². The zero-order chi connectivity index (χ0) is 22.3. The van der Waals surface area contributed by atoms with E-state index in [4.69, 9.17) is 0 Å². The fraction of sp³-hybridized carbons (Fsp3) is 0.400. The number of carbonyl (C=O) groups is 3. The lowest BCUT2D eigenvalue weighted by Gasteiger charge is -2.48. The van der Waals surface area contributed by atoms with Gasteiger partial charge in [0.2, 0.25) is 11.8 Å². The van der Waals surface area contributed by atoms with E-state index in [2.05, 4.69) is 5.32 Å². The SMILES string of the molecule is O=C1CC[C@]2(CCCN(C(=O)c3cccc(N4CCCC4=O)c3)[C@@H]2c2cccc(F)c2)N1. The average molecular weight is 435 g/mol. The summed E-state index contributed by atoms with van der Waals surface area (Å²) in [6, 6.07) is 13.0. The van der Waals surface area contributed by atoms with Gasteiger partial charge in [-0.05, 0) is 61.6 Å². The maximum atomic E-state index is 14.2. The summed E-state index contributed by atoms with van der Waals surface area (Å²) >= 11 is 0. The molecule has 5 rings (SSSR count).